The molecular formula is C13H19NO6S. The summed E-state index contributed by atoms with van der Waals surface area (Å²) in [5.74, 6) is -1.99. The summed E-state index contributed by atoms with van der Waals surface area (Å²) in [4.78, 5) is 12.1. The van der Waals surface area contributed by atoms with Gasteiger partial charge in [-0.2, -0.15) is 8.42 Å². The van der Waals surface area contributed by atoms with Crippen LogP contribution in [-0.4, -0.2) is 42.7 Å². The normalized spacial score (nSPS) is 11.4. The van der Waals surface area contributed by atoms with Gasteiger partial charge in [0.2, 0.25) is 0 Å². The molecule has 0 saturated carbocycles. The van der Waals surface area contributed by atoms with E-state index in [1.807, 2.05) is 6.92 Å². The first-order valence-electron chi connectivity index (χ1n) is 6.47. The first-order chi connectivity index (χ1) is 9.68. The second kappa shape index (κ2) is 6.77. The Labute approximate surface area is 123 Å². The first-order valence-corrected chi connectivity index (χ1v) is 7.91. The van der Waals surface area contributed by atoms with Crippen LogP contribution >= 0.6 is 0 Å². The molecule has 0 bridgehead atoms. The topological polar surface area (TPSA) is 115 Å². The Morgan fingerprint density at radius 2 is 1.90 bits per heavy atom. The number of nitrogens with zero attached hydrogens (tertiary/aromatic N) is 1. The molecule has 0 radical (unpaired) electrons. The Bertz CT molecular complexity index is 626. The van der Waals surface area contributed by atoms with Crippen LogP contribution in [0.15, 0.2) is 17.0 Å². The molecular weight excluding hydrogens is 298 g/mol. The largest absolute Gasteiger partial charge is 0.505 e. The molecule has 0 aliphatic heterocycles. The third-order valence-corrected chi connectivity index (χ3v) is 3.93. The van der Waals surface area contributed by atoms with Crippen LogP contribution in [0.2, 0.25) is 0 Å². The molecule has 1 aromatic carbocycles. The number of carboxylic acid groups (broad SMARTS) is 1. The second-order valence-electron chi connectivity index (χ2n) is 4.75. The molecule has 1 aromatic rings. The third-order valence-electron chi connectivity index (χ3n) is 3.10. The lowest BCUT2D eigenvalue weighted by molar-refractivity contribution is 0.0693. The minimum absolute atomic E-state index is 0.0543. The quantitative estimate of drug-likeness (QED) is 0.520. The van der Waals surface area contributed by atoms with E-state index in [1.54, 1.807) is 11.9 Å². The third kappa shape index (κ3) is 4.33. The highest BCUT2D eigenvalue weighted by atomic mass is 32.2. The predicted octanol–water partition coefficient (Wildman–Crippen LogP) is 1.96. The average Bonchev–Trinajstić information content (AvgIpc) is 2.37. The fraction of sp³-hybridized carbons (Fsp3) is 0.462. The van der Waals surface area contributed by atoms with Crippen LogP contribution in [0.25, 0.3) is 0 Å². The molecule has 0 aliphatic carbocycles. The summed E-state index contributed by atoms with van der Waals surface area (Å²) in [7, 11) is -2.94. The average molecular weight is 317 g/mol. The number of phenols is 1. The number of aromatic hydroxyl groups is 1. The van der Waals surface area contributed by atoms with Crippen molar-refractivity contribution in [1.29, 1.82) is 0 Å². The van der Waals surface area contributed by atoms with Gasteiger partial charge in [0.05, 0.1) is 10.6 Å². The molecule has 0 unspecified atom stereocenters. The number of hydrogen-bond donors (Lipinski definition) is 3. The van der Waals surface area contributed by atoms with Gasteiger partial charge in [-0.25, -0.2) is 4.79 Å². The zero-order chi connectivity index (χ0) is 16.2. The molecule has 0 amide bonds. The molecule has 0 atom stereocenters. The number of aromatic carboxylic acids is 1. The van der Waals surface area contributed by atoms with Crippen molar-refractivity contribution in [3.63, 3.8) is 0 Å². The smallest absolute Gasteiger partial charge is 0.339 e. The molecule has 7 nitrogen and oxygen atoms in total. The van der Waals surface area contributed by atoms with E-state index in [0.717, 1.165) is 31.4 Å². The summed E-state index contributed by atoms with van der Waals surface area (Å²) in [5, 5.41) is 19.0. The monoisotopic (exact) mass is 317 g/mol. The lowest BCUT2D eigenvalue weighted by atomic mass is 10.1. The number of unbranched alkanes of at least 4 members (excludes halogenated alkanes) is 2. The van der Waals surface area contributed by atoms with E-state index in [2.05, 4.69) is 0 Å². The van der Waals surface area contributed by atoms with Crippen LogP contribution in [0.1, 0.15) is 36.5 Å². The minimum Gasteiger partial charge on any atom is -0.505 e. The zero-order valence-corrected chi connectivity index (χ0v) is 12.7. The summed E-state index contributed by atoms with van der Waals surface area (Å²) < 4.78 is 31.5. The Balaban J connectivity index is 3.30. The van der Waals surface area contributed by atoms with Crippen molar-refractivity contribution in [2.45, 2.75) is 31.1 Å². The maximum absolute atomic E-state index is 11.2. The molecule has 21 heavy (non-hydrogen) atoms. The summed E-state index contributed by atoms with van der Waals surface area (Å²) >= 11 is 0. The van der Waals surface area contributed by atoms with E-state index >= 15 is 0 Å². The minimum atomic E-state index is -4.56. The van der Waals surface area contributed by atoms with Crippen molar-refractivity contribution in [1.82, 2.24) is 0 Å². The van der Waals surface area contributed by atoms with Crippen LogP contribution in [0, 0.1) is 0 Å². The van der Waals surface area contributed by atoms with Gasteiger partial charge in [0.15, 0.2) is 5.75 Å². The van der Waals surface area contributed by atoms with Crippen LogP contribution in [0.4, 0.5) is 5.69 Å². The Morgan fingerprint density at radius 3 is 2.38 bits per heavy atom. The fourth-order valence-corrected chi connectivity index (χ4v) is 2.44. The fourth-order valence-electron chi connectivity index (χ4n) is 1.92. The van der Waals surface area contributed by atoms with E-state index in [4.69, 9.17) is 9.66 Å². The number of carbonyl (C=O) groups is 1. The lowest BCUT2D eigenvalue weighted by Crippen LogP contribution is -2.20. The van der Waals surface area contributed by atoms with Gasteiger partial charge in [-0.1, -0.05) is 19.8 Å². The van der Waals surface area contributed by atoms with Crippen molar-refractivity contribution in [2.75, 3.05) is 18.5 Å². The first kappa shape index (κ1) is 17.3. The van der Waals surface area contributed by atoms with Gasteiger partial charge in [0.1, 0.15) is 5.56 Å². The molecule has 3 N–H and O–H groups in total. The molecule has 0 aliphatic rings. The van der Waals surface area contributed by atoms with Gasteiger partial charge in [0, 0.05) is 13.6 Å². The summed E-state index contributed by atoms with van der Waals surface area (Å²) in [6.45, 7) is 2.55. The Kier molecular flexibility index (Phi) is 5.56. The molecule has 0 fully saturated rings. The van der Waals surface area contributed by atoms with E-state index in [1.165, 1.54) is 0 Å². The number of carboxylic acids is 1. The van der Waals surface area contributed by atoms with Gasteiger partial charge < -0.3 is 15.1 Å². The van der Waals surface area contributed by atoms with Crippen molar-refractivity contribution < 1.29 is 28.0 Å². The van der Waals surface area contributed by atoms with E-state index in [-0.39, 0.29) is 5.69 Å². The van der Waals surface area contributed by atoms with Crippen LogP contribution in [0.5, 0.6) is 5.75 Å². The van der Waals surface area contributed by atoms with Crippen LogP contribution in [-0.2, 0) is 10.1 Å². The van der Waals surface area contributed by atoms with Crippen molar-refractivity contribution in [3.05, 3.63) is 17.7 Å². The highest BCUT2D eigenvalue weighted by molar-refractivity contribution is 7.85. The predicted molar refractivity (Wildman–Crippen MR) is 77.7 cm³/mol. The molecule has 1 rings (SSSR count). The van der Waals surface area contributed by atoms with E-state index in [9.17, 15) is 18.3 Å². The van der Waals surface area contributed by atoms with Gasteiger partial charge in [-0.15, -0.1) is 0 Å². The highest BCUT2D eigenvalue weighted by Crippen LogP contribution is 2.33. The van der Waals surface area contributed by atoms with Crippen molar-refractivity contribution in [2.24, 2.45) is 0 Å². The maximum atomic E-state index is 11.2. The lowest BCUT2D eigenvalue weighted by Gasteiger charge is -2.21. The molecule has 118 valence electrons. The van der Waals surface area contributed by atoms with E-state index in [0.29, 0.717) is 6.54 Å². The van der Waals surface area contributed by atoms with Gasteiger partial charge in [-0.05, 0) is 18.6 Å². The van der Waals surface area contributed by atoms with Gasteiger partial charge in [-0.3, -0.25) is 4.55 Å². The highest BCUT2D eigenvalue weighted by Gasteiger charge is 2.22. The second-order valence-corrected chi connectivity index (χ2v) is 6.17. The Hall–Kier alpha value is -1.80. The maximum Gasteiger partial charge on any atom is 0.339 e. The molecule has 0 aromatic heterocycles. The molecule has 0 saturated heterocycles. The van der Waals surface area contributed by atoms with Crippen LogP contribution in [0.3, 0.4) is 0 Å². The van der Waals surface area contributed by atoms with Crippen molar-refractivity contribution >= 4 is 21.8 Å². The summed E-state index contributed by atoms with van der Waals surface area (Å²) in [6, 6.07) is 1.79. The summed E-state index contributed by atoms with van der Waals surface area (Å²) in [5.41, 5.74) is -0.513. The summed E-state index contributed by atoms with van der Waals surface area (Å²) in [6.07, 6.45) is 2.76. The standard InChI is InChI=1S/C13H19NO6S/c1-3-4-5-6-14(2)11-8-9(21(18,19)20)7-10(12(11)15)13(16)17/h7-8,15H,3-6H2,1-2H3,(H,16,17)(H,18,19,20). The Morgan fingerprint density at radius 1 is 1.29 bits per heavy atom. The molecule has 0 spiro atoms. The van der Waals surface area contributed by atoms with Crippen molar-refractivity contribution in [3.8, 4) is 5.75 Å². The number of benzene rings is 1. The SMILES string of the molecule is CCCCCN(C)c1cc(S(=O)(=O)O)cc(C(=O)O)c1O. The van der Waals surface area contributed by atoms with E-state index < -0.39 is 32.3 Å². The van der Waals surface area contributed by atoms with Crippen LogP contribution < -0.4 is 4.90 Å². The number of hydrogen-bond acceptors (Lipinski definition) is 5. The number of rotatable bonds is 7. The molecule has 8 heteroatoms. The number of anilines is 1. The zero-order valence-electron chi connectivity index (χ0n) is 11.9. The van der Waals surface area contributed by atoms with Gasteiger partial charge >= 0.3 is 5.97 Å². The molecule has 0 heterocycles. The van der Waals surface area contributed by atoms with Gasteiger partial charge in [0.25, 0.3) is 10.1 Å².